The maximum atomic E-state index is 14.1. The number of anilines is 2. The van der Waals surface area contributed by atoms with Crippen LogP contribution in [-0.4, -0.2) is 30.2 Å². The third-order valence-corrected chi connectivity index (χ3v) is 7.58. The Labute approximate surface area is 223 Å². The van der Waals surface area contributed by atoms with Crippen molar-refractivity contribution in [1.29, 1.82) is 0 Å². The van der Waals surface area contributed by atoms with E-state index in [9.17, 15) is 4.79 Å². The number of nitrogens with zero attached hydrogens (tertiary/aromatic N) is 2. The summed E-state index contributed by atoms with van der Waals surface area (Å²) in [5.74, 6) is 1.35. The molecule has 0 fully saturated rings. The van der Waals surface area contributed by atoms with Gasteiger partial charge in [-0.1, -0.05) is 42.5 Å². The van der Waals surface area contributed by atoms with E-state index in [1.807, 2.05) is 36.6 Å². The predicted octanol–water partition coefficient (Wildman–Crippen LogP) is 6.75. The molecule has 1 spiro atoms. The predicted molar refractivity (Wildman–Crippen MR) is 154 cm³/mol. The number of rotatable bonds is 6. The first kappa shape index (κ1) is 24.0. The van der Waals surface area contributed by atoms with Gasteiger partial charge in [0.05, 0.1) is 0 Å². The Hall–Kier alpha value is -4.32. The van der Waals surface area contributed by atoms with E-state index in [1.165, 1.54) is 0 Å². The maximum Gasteiger partial charge on any atom is 0.275 e. The number of carbonyl (C=O) groups is 1. The minimum absolute atomic E-state index is 0.0399. The molecule has 2 aliphatic heterocycles. The number of hydrogen-bond acceptors (Lipinski definition) is 5. The van der Waals surface area contributed by atoms with Crippen LogP contribution < -0.4 is 15.4 Å². The highest BCUT2D eigenvalue weighted by molar-refractivity contribution is 6.02. The van der Waals surface area contributed by atoms with Gasteiger partial charge in [0.1, 0.15) is 17.0 Å². The fourth-order valence-corrected chi connectivity index (χ4v) is 5.85. The Balaban J connectivity index is 1.68. The van der Waals surface area contributed by atoms with E-state index < -0.39 is 5.54 Å². The second-order valence-corrected chi connectivity index (χ2v) is 9.97. The van der Waals surface area contributed by atoms with Crippen molar-refractivity contribution in [3.63, 3.8) is 0 Å². The molecule has 1 amide bonds. The molecule has 0 unspecified atom stereocenters. The number of aryl methyl sites for hydroxylation is 2. The largest absolute Gasteiger partial charge is 0.456 e. The molecule has 0 saturated carbocycles. The normalized spacial score (nSPS) is 16.6. The molecule has 0 aromatic heterocycles. The van der Waals surface area contributed by atoms with Crippen molar-refractivity contribution in [3.8, 4) is 11.5 Å². The van der Waals surface area contributed by atoms with Gasteiger partial charge in [0.25, 0.3) is 5.91 Å². The zero-order chi connectivity index (χ0) is 26.4. The summed E-state index contributed by atoms with van der Waals surface area (Å²) in [6, 6.07) is 16.3. The zero-order valence-corrected chi connectivity index (χ0v) is 22.2. The average Bonchev–Trinajstić information content (AvgIpc) is 3.51. The molecule has 3 aliphatic rings. The number of ether oxygens (including phenoxy) is 1. The average molecular weight is 505 g/mol. The lowest BCUT2D eigenvalue weighted by Crippen LogP contribution is -2.44. The fourth-order valence-electron chi connectivity index (χ4n) is 5.85. The Morgan fingerprint density at radius 1 is 0.895 bits per heavy atom. The number of nitrogens with one attached hydrogen (secondary N) is 2. The zero-order valence-electron chi connectivity index (χ0n) is 22.2. The summed E-state index contributed by atoms with van der Waals surface area (Å²) in [5.41, 5.74) is 6.61. The number of hydrazone groups is 1. The van der Waals surface area contributed by atoms with Crippen LogP contribution in [0, 0.1) is 19.8 Å². The van der Waals surface area contributed by atoms with Crippen molar-refractivity contribution in [2.75, 3.05) is 23.7 Å². The van der Waals surface area contributed by atoms with E-state index in [0.717, 1.165) is 63.8 Å². The summed E-state index contributed by atoms with van der Waals surface area (Å²) in [6.07, 6.45) is 9.98. The molecule has 0 bridgehead atoms. The van der Waals surface area contributed by atoms with Crippen LogP contribution >= 0.6 is 0 Å². The molecule has 1 aliphatic carbocycles. The molecular formula is C32H32N4O2. The van der Waals surface area contributed by atoms with E-state index >= 15 is 0 Å². The number of hydrogen-bond donors (Lipinski definition) is 2. The van der Waals surface area contributed by atoms with Crippen LogP contribution in [0.2, 0.25) is 0 Å². The summed E-state index contributed by atoms with van der Waals surface area (Å²) in [5, 5.41) is 13.5. The molecule has 6 nitrogen and oxygen atoms in total. The highest BCUT2D eigenvalue weighted by Gasteiger charge is 2.57. The van der Waals surface area contributed by atoms with Crippen LogP contribution in [0.4, 0.5) is 11.4 Å². The van der Waals surface area contributed by atoms with Crippen LogP contribution in [0.25, 0.3) is 0 Å². The number of benzene rings is 3. The molecule has 2 N–H and O–H groups in total. The van der Waals surface area contributed by atoms with Crippen molar-refractivity contribution < 1.29 is 9.53 Å². The van der Waals surface area contributed by atoms with Gasteiger partial charge >= 0.3 is 0 Å². The van der Waals surface area contributed by atoms with Gasteiger partial charge < -0.3 is 15.4 Å². The molecule has 6 heteroatoms. The summed E-state index contributed by atoms with van der Waals surface area (Å²) in [6.45, 7) is 9.93. The van der Waals surface area contributed by atoms with Crippen LogP contribution in [0.3, 0.4) is 0 Å². The number of allylic oxidation sites excluding steroid dienone is 4. The molecule has 3 aromatic rings. The van der Waals surface area contributed by atoms with Gasteiger partial charge in [-0.3, -0.25) is 4.79 Å². The van der Waals surface area contributed by atoms with Crippen molar-refractivity contribution in [3.05, 3.63) is 106 Å². The smallest absolute Gasteiger partial charge is 0.275 e. The Kier molecular flexibility index (Phi) is 5.83. The SMILES string of the molecule is CCNc1cc2c(cc1C)C1(c3cc(C)c(NCC)cc3O2)c2ccccc2C(=O)N1/N=C/C1C=CC=C1. The van der Waals surface area contributed by atoms with E-state index in [2.05, 4.69) is 80.8 Å². The van der Waals surface area contributed by atoms with Gasteiger partial charge in [0.15, 0.2) is 0 Å². The monoisotopic (exact) mass is 504 g/mol. The highest BCUT2D eigenvalue weighted by Crippen LogP contribution is 2.58. The van der Waals surface area contributed by atoms with Crippen LogP contribution in [0.1, 0.15) is 52.0 Å². The molecule has 0 atom stereocenters. The first-order chi connectivity index (χ1) is 18.5. The Morgan fingerprint density at radius 3 is 2.05 bits per heavy atom. The third-order valence-electron chi connectivity index (χ3n) is 7.58. The van der Waals surface area contributed by atoms with E-state index in [4.69, 9.17) is 9.84 Å². The van der Waals surface area contributed by atoms with Crippen molar-refractivity contribution in [2.45, 2.75) is 33.2 Å². The lowest BCUT2D eigenvalue weighted by atomic mass is 9.74. The Morgan fingerprint density at radius 2 is 1.47 bits per heavy atom. The first-order valence-electron chi connectivity index (χ1n) is 13.3. The van der Waals surface area contributed by atoms with Gasteiger partial charge in [0, 0.05) is 71.0 Å². The van der Waals surface area contributed by atoms with Crippen molar-refractivity contribution in [2.24, 2.45) is 11.0 Å². The van der Waals surface area contributed by atoms with Gasteiger partial charge in [-0.15, -0.1) is 0 Å². The van der Waals surface area contributed by atoms with Crippen LogP contribution in [0.5, 0.6) is 11.5 Å². The van der Waals surface area contributed by atoms with Gasteiger partial charge in [-0.25, -0.2) is 5.01 Å². The molecule has 6 rings (SSSR count). The molecule has 192 valence electrons. The third kappa shape index (κ3) is 3.47. The van der Waals surface area contributed by atoms with Gasteiger partial charge in [0.2, 0.25) is 0 Å². The quantitative estimate of drug-likeness (QED) is 0.365. The molecule has 38 heavy (non-hydrogen) atoms. The van der Waals surface area contributed by atoms with E-state index in [1.54, 1.807) is 5.01 Å². The molecule has 0 radical (unpaired) electrons. The summed E-state index contributed by atoms with van der Waals surface area (Å²) >= 11 is 0. The standard InChI is InChI=1S/C32H32N4O2/c1-5-33-27-17-29-25(15-20(27)3)32(26-16-21(4)28(34-6-2)18-30(26)38-29)24-14-10-9-13-23(24)31(37)36(32)35-19-22-11-7-8-12-22/h7-19,22,33-34H,5-6H2,1-4H3/b35-19+. The summed E-state index contributed by atoms with van der Waals surface area (Å²) in [7, 11) is 0. The van der Waals surface area contributed by atoms with Crippen molar-refractivity contribution >= 4 is 23.5 Å². The fraction of sp³-hybridized carbons (Fsp3) is 0.250. The second-order valence-electron chi connectivity index (χ2n) is 9.97. The highest BCUT2D eigenvalue weighted by atomic mass is 16.5. The molecule has 2 heterocycles. The molecular weight excluding hydrogens is 472 g/mol. The molecule has 0 saturated heterocycles. The second kappa shape index (κ2) is 9.21. The van der Waals surface area contributed by atoms with Crippen LogP contribution in [-0.2, 0) is 5.54 Å². The minimum atomic E-state index is -0.968. The van der Waals surface area contributed by atoms with Crippen LogP contribution in [0.15, 0.2) is 77.9 Å². The lowest BCUT2D eigenvalue weighted by Gasteiger charge is -2.42. The van der Waals surface area contributed by atoms with Crippen molar-refractivity contribution in [1.82, 2.24) is 5.01 Å². The van der Waals surface area contributed by atoms with E-state index in [-0.39, 0.29) is 11.8 Å². The maximum absolute atomic E-state index is 14.1. The summed E-state index contributed by atoms with van der Waals surface area (Å²) in [4.78, 5) is 14.1. The number of amides is 1. The van der Waals surface area contributed by atoms with Gasteiger partial charge in [-0.2, -0.15) is 5.10 Å². The topological polar surface area (TPSA) is 66.0 Å². The van der Waals surface area contributed by atoms with Gasteiger partial charge in [-0.05, 0) is 57.0 Å². The number of carbonyl (C=O) groups excluding carboxylic acids is 1. The van der Waals surface area contributed by atoms with E-state index in [0.29, 0.717) is 5.56 Å². The lowest BCUT2D eigenvalue weighted by molar-refractivity contribution is 0.0674. The molecule has 3 aromatic carbocycles. The minimum Gasteiger partial charge on any atom is -0.456 e. The summed E-state index contributed by atoms with van der Waals surface area (Å²) < 4.78 is 6.63. The number of fused-ring (bicyclic) bond motifs is 6. The first-order valence-corrected chi connectivity index (χ1v) is 13.3. The Bertz CT molecular complexity index is 1460.